The number of nitrogens with zero attached hydrogens (tertiary/aromatic N) is 1. The van der Waals surface area contributed by atoms with Crippen LogP contribution in [0.4, 0.5) is 5.69 Å². The Hall–Kier alpha value is -0.806. The Kier molecular flexibility index (Phi) is 4.04. The van der Waals surface area contributed by atoms with E-state index in [-0.39, 0.29) is 0 Å². The number of para-hydroxylation sites is 1. The lowest BCUT2D eigenvalue weighted by molar-refractivity contribution is 1.34. The van der Waals surface area contributed by atoms with E-state index in [1.54, 1.807) is 0 Å². The molecule has 0 saturated heterocycles. The molecule has 0 aliphatic rings. The Bertz CT molecular complexity index is 385. The van der Waals surface area contributed by atoms with Gasteiger partial charge in [0.15, 0.2) is 0 Å². The van der Waals surface area contributed by atoms with Crippen molar-refractivity contribution >= 4 is 28.2 Å². The van der Waals surface area contributed by atoms with E-state index in [1.165, 1.54) is 11.3 Å². The largest absolute Gasteiger partial charge is 0.424 e. The lowest BCUT2D eigenvalue weighted by Gasteiger charge is -2.46. The topological polar surface area (TPSA) is 3.24 Å². The third-order valence-corrected chi connectivity index (χ3v) is 9.93. The van der Waals surface area contributed by atoms with Crippen LogP contribution >= 0.6 is 0 Å². The van der Waals surface area contributed by atoms with Gasteiger partial charge in [-0.3, -0.25) is 0 Å². The summed E-state index contributed by atoms with van der Waals surface area (Å²) in [5.74, 6) is 0. The molecule has 0 saturated carbocycles. The molecule has 1 aromatic carbocycles. The van der Waals surface area contributed by atoms with Gasteiger partial charge < -0.3 is 4.23 Å². The first-order valence-corrected chi connectivity index (χ1v) is 13.1. The fourth-order valence-corrected chi connectivity index (χ4v) is 12.5. The van der Waals surface area contributed by atoms with Crippen LogP contribution < -0.4 is 4.23 Å². The van der Waals surface area contributed by atoms with Gasteiger partial charge in [-0.05, 0) is 11.6 Å². The summed E-state index contributed by atoms with van der Waals surface area (Å²) in [6, 6.07) is 8.63. The van der Waals surface area contributed by atoms with E-state index < -0.39 is 16.5 Å². The third kappa shape index (κ3) is 3.33. The molecule has 0 fully saturated rings. The summed E-state index contributed by atoms with van der Waals surface area (Å²) in [6.45, 7) is 18.5. The number of benzene rings is 1. The lowest BCUT2D eigenvalue weighted by atomic mass is 10.2. The van der Waals surface area contributed by atoms with Crippen molar-refractivity contribution in [2.24, 2.45) is 0 Å². The van der Waals surface area contributed by atoms with Gasteiger partial charge in [0.2, 0.25) is 0 Å². The molecule has 94 valence electrons. The van der Waals surface area contributed by atoms with Crippen LogP contribution in [-0.4, -0.2) is 16.5 Å². The van der Waals surface area contributed by atoms with Crippen LogP contribution in [0.25, 0.3) is 6.08 Å². The fraction of sp³-hybridized carbons (Fsp3) is 0.429. The Balaban J connectivity index is 3.38. The molecule has 0 bridgehead atoms. The van der Waals surface area contributed by atoms with Crippen LogP contribution in [0.15, 0.2) is 30.8 Å². The van der Waals surface area contributed by atoms with E-state index in [0.29, 0.717) is 0 Å². The van der Waals surface area contributed by atoms with Crippen LogP contribution in [0.1, 0.15) is 5.56 Å². The number of hydrogen-bond donors (Lipinski definition) is 0. The van der Waals surface area contributed by atoms with E-state index in [1.807, 2.05) is 6.08 Å². The van der Waals surface area contributed by atoms with Crippen molar-refractivity contribution in [2.75, 3.05) is 4.23 Å². The molecule has 0 spiro atoms. The van der Waals surface area contributed by atoms with Crippen LogP contribution in [-0.2, 0) is 0 Å². The van der Waals surface area contributed by atoms with Gasteiger partial charge in [0.05, 0.1) is 0 Å². The SMILES string of the molecule is C=Cc1ccccc1N([Si](C)(C)C)[Si](C)(C)C. The van der Waals surface area contributed by atoms with E-state index in [2.05, 4.69) is 74.4 Å². The Labute approximate surface area is 108 Å². The Morgan fingerprint density at radius 2 is 1.41 bits per heavy atom. The lowest BCUT2D eigenvalue weighted by Crippen LogP contribution is -2.59. The zero-order valence-electron chi connectivity index (χ0n) is 12.0. The maximum absolute atomic E-state index is 3.94. The van der Waals surface area contributed by atoms with Crippen LogP contribution in [0.5, 0.6) is 0 Å². The maximum atomic E-state index is 3.94. The highest BCUT2D eigenvalue weighted by Gasteiger charge is 2.35. The van der Waals surface area contributed by atoms with Crippen LogP contribution in [0.3, 0.4) is 0 Å². The molecule has 1 aromatic rings. The van der Waals surface area contributed by atoms with Gasteiger partial charge in [0, 0.05) is 5.69 Å². The minimum absolute atomic E-state index is 1.26. The van der Waals surface area contributed by atoms with Gasteiger partial charge in [-0.15, -0.1) is 0 Å². The first kappa shape index (κ1) is 14.3. The molecule has 1 nitrogen and oxygen atoms in total. The van der Waals surface area contributed by atoms with Crippen molar-refractivity contribution in [3.8, 4) is 0 Å². The van der Waals surface area contributed by atoms with E-state index in [0.717, 1.165) is 0 Å². The summed E-state index contributed by atoms with van der Waals surface area (Å²) < 4.78 is 2.73. The predicted octanol–water partition coefficient (Wildman–Crippen LogP) is 4.81. The first-order chi connectivity index (χ1) is 7.68. The molecule has 3 heteroatoms. The summed E-state index contributed by atoms with van der Waals surface area (Å²) in [5.41, 5.74) is 2.64. The zero-order valence-corrected chi connectivity index (χ0v) is 14.0. The van der Waals surface area contributed by atoms with Crippen LogP contribution in [0.2, 0.25) is 39.3 Å². The molecule has 1 rings (SSSR count). The normalized spacial score (nSPS) is 12.4. The van der Waals surface area contributed by atoms with Gasteiger partial charge >= 0.3 is 0 Å². The first-order valence-electron chi connectivity index (χ1n) is 6.20. The quantitative estimate of drug-likeness (QED) is 0.705. The van der Waals surface area contributed by atoms with Crippen molar-refractivity contribution < 1.29 is 0 Å². The highest BCUT2D eigenvalue weighted by molar-refractivity contribution is 6.99. The van der Waals surface area contributed by atoms with Crippen molar-refractivity contribution in [3.05, 3.63) is 36.4 Å². The summed E-state index contributed by atoms with van der Waals surface area (Å²) in [5, 5.41) is 0. The van der Waals surface area contributed by atoms with Crippen molar-refractivity contribution in [1.29, 1.82) is 0 Å². The number of rotatable bonds is 4. The molecule has 0 aliphatic carbocycles. The van der Waals surface area contributed by atoms with E-state index in [4.69, 9.17) is 0 Å². The maximum Gasteiger partial charge on any atom is 0.138 e. The Morgan fingerprint density at radius 3 is 1.82 bits per heavy atom. The highest BCUT2D eigenvalue weighted by atomic mass is 28.4. The van der Waals surface area contributed by atoms with E-state index in [9.17, 15) is 0 Å². The van der Waals surface area contributed by atoms with Gasteiger partial charge in [0.1, 0.15) is 16.5 Å². The summed E-state index contributed by atoms with van der Waals surface area (Å²) in [4.78, 5) is 0. The molecule has 0 radical (unpaired) electrons. The van der Waals surface area contributed by atoms with Gasteiger partial charge in [-0.2, -0.15) is 0 Å². The minimum atomic E-state index is -1.36. The molecule has 0 aromatic heterocycles. The second-order valence-electron chi connectivity index (χ2n) is 6.44. The Morgan fingerprint density at radius 1 is 0.941 bits per heavy atom. The predicted molar refractivity (Wildman–Crippen MR) is 85.7 cm³/mol. The third-order valence-electron chi connectivity index (χ3n) is 2.74. The number of hydrogen-bond acceptors (Lipinski definition) is 1. The molecule has 17 heavy (non-hydrogen) atoms. The molecule has 0 aliphatic heterocycles. The fourth-order valence-electron chi connectivity index (χ4n) is 2.59. The van der Waals surface area contributed by atoms with E-state index >= 15 is 0 Å². The highest BCUT2D eigenvalue weighted by Crippen LogP contribution is 2.31. The summed E-state index contributed by atoms with van der Waals surface area (Å²) in [6.07, 6.45) is 1.97. The molecule has 0 amide bonds. The van der Waals surface area contributed by atoms with Gasteiger partial charge in [-0.1, -0.05) is 70.1 Å². The average Bonchev–Trinajstić information content (AvgIpc) is 2.14. The molecular formula is C14H25NSi2. The molecular weight excluding hydrogens is 238 g/mol. The molecule has 0 N–H and O–H groups in total. The average molecular weight is 264 g/mol. The minimum Gasteiger partial charge on any atom is -0.424 e. The van der Waals surface area contributed by atoms with Crippen molar-refractivity contribution in [3.63, 3.8) is 0 Å². The molecule has 0 heterocycles. The molecule has 0 unspecified atom stereocenters. The standard InChI is InChI=1S/C14H25NSi2/c1-8-13-11-9-10-12-14(13)15(16(2,3)4)17(5,6)7/h8-12H,1H2,2-7H3. The smallest absolute Gasteiger partial charge is 0.138 e. The van der Waals surface area contributed by atoms with Gasteiger partial charge in [0.25, 0.3) is 0 Å². The van der Waals surface area contributed by atoms with Crippen molar-refractivity contribution in [2.45, 2.75) is 39.3 Å². The summed E-state index contributed by atoms with van der Waals surface area (Å²) >= 11 is 0. The molecule has 0 atom stereocenters. The van der Waals surface area contributed by atoms with Crippen molar-refractivity contribution in [1.82, 2.24) is 0 Å². The monoisotopic (exact) mass is 263 g/mol. The zero-order chi connectivity index (χ0) is 13.3. The number of anilines is 1. The second kappa shape index (κ2) is 4.82. The summed E-state index contributed by atoms with van der Waals surface area (Å²) in [7, 11) is -2.73. The second-order valence-corrected chi connectivity index (χ2v) is 16.5. The van der Waals surface area contributed by atoms with Gasteiger partial charge in [-0.25, -0.2) is 0 Å². The van der Waals surface area contributed by atoms with Crippen LogP contribution in [0, 0.1) is 0 Å².